The summed E-state index contributed by atoms with van der Waals surface area (Å²) >= 11 is 0. The van der Waals surface area contributed by atoms with Gasteiger partial charge in [-0.1, -0.05) is 60.7 Å². The van der Waals surface area contributed by atoms with E-state index in [2.05, 4.69) is 5.32 Å². The molecule has 2 aromatic carbocycles. The molecule has 1 amide bonds. The summed E-state index contributed by atoms with van der Waals surface area (Å²) in [6.07, 6.45) is -8.70. The summed E-state index contributed by atoms with van der Waals surface area (Å²) in [6, 6.07) is 16.8. The fraction of sp³-hybridized carbons (Fsp3) is 0.391. The van der Waals surface area contributed by atoms with E-state index in [1.165, 1.54) is 0 Å². The summed E-state index contributed by atoms with van der Waals surface area (Å²) in [4.78, 5) is 25.0. The Morgan fingerprint density at radius 3 is 2.09 bits per heavy atom. The SMILES string of the molecule is O=C(N[C@H](Cc1ccccc1)C(=O)OCC1O[C@@H](O)C(O)C(O)[C@@H]1O)OCc1ccccc1. The zero-order chi connectivity index (χ0) is 23.8. The molecule has 178 valence electrons. The van der Waals surface area contributed by atoms with E-state index in [9.17, 15) is 30.0 Å². The number of carbonyl (C=O) groups excluding carboxylic acids is 2. The van der Waals surface area contributed by atoms with Crippen molar-refractivity contribution < 1.29 is 44.2 Å². The van der Waals surface area contributed by atoms with E-state index in [0.29, 0.717) is 0 Å². The molecule has 3 rings (SSSR count). The van der Waals surface area contributed by atoms with Gasteiger partial charge in [0.15, 0.2) is 6.29 Å². The molecule has 5 N–H and O–H groups in total. The first-order valence-electron chi connectivity index (χ1n) is 10.4. The second kappa shape index (κ2) is 11.7. The van der Waals surface area contributed by atoms with Crippen LogP contribution in [0.15, 0.2) is 60.7 Å². The van der Waals surface area contributed by atoms with Crippen LogP contribution in [0.4, 0.5) is 4.79 Å². The van der Waals surface area contributed by atoms with Gasteiger partial charge in [0.1, 0.15) is 43.7 Å². The number of amides is 1. The third kappa shape index (κ3) is 6.98. The summed E-state index contributed by atoms with van der Waals surface area (Å²) in [5.74, 6) is -0.832. The third-order valence-electron chi connectivity index (χ3n) is 5.15. The lowest BCUT2D eigenvalue weighted by Crippen LogP contribution is -2.59. The van der Waals surface area contributed by atoms with E-state index in [-0.39, 0.29) is 13.0 Å². The van der Waals surface area contributed by atoms with Crippen LogP contribution < -0.4 is 5.32 Å². The number of aliphatic hydroxyl groups is 4. The fourth-order valence-corrected chi connectivity index (χ4v) is 3.28. The van der Waals surface area contributed by atoms with Crippen molar-refractivity contribution in [3.63, 3.8) is 0 Å². The van der Waals surface area contributed by atoms with Gasteiger partial charge in [0.2, 0.25) is 0 Å². The Morgan fingerprint density at radius 2 is 1.45 bits per heavy atom. The normalized spacial score (nSPS) is 25.6. The van der Waals surface area contributed by atoms with E-state index in [1.807, 2.05) is 12.1 Å². The second-order valence-corrected chi connectivity index (χ2v) is 7.62. The number of ether oxygens (including phenoxy) is 3. The van der Waals surface area contributed by atoms with E-state index < -0.39 is 55.4 Å². The Bertz CT molecular complexity index is 895. The summed E-state index contributed by atoms with van der Waals surface area (Å²) in [5.41, 5.74) is 1.53. The molecule has 10 nitrogen and oxygen atoms in total. The van der Waals surface area contributed by atoms with E-state index in [4.69, 9.17) is 14.2 Å². The molecular weight excluding hydrogens is 434 g/mol. The van der Waals surface area contributed by atoms with Crippen molar-refractivity contribution in [2.75, 3.05) is 6.61 Å². The van der Waals surface area contributed by atoms with Crippen LogP contribution in [0.5, 0.6) is 0 Å². The molecule has 6 atom stereocenters. The van der Waals surface area contributed by atoms with Gasteiger partial charge in [-0.05, 0) is 11.1 Å². The number of rotatable bonds is 8. The molecule has 33 heavy (non-hydrogen) atoms. The number of alkyl carbamates (subject to hydrolysis) is 1. The largest absolute Gasteiger partial charge is 0.461 e. The molecule has 0 aromatic heterocycles. The smallest absolute Gasteiger partial charge is 0.408 e. The van der Waals surface area contributed by atoms with Crippen LogP contribution in [0.25, 0.3) is 0 Å². The maximum Gasteiger partial charge on any atom is 0.408 e. The third-order valence-corrected chi connectivity index (χ3v) is 5.15. The first kappa shape index (κ1) is 24.6. The number of hydrogen-bond donors (Lipinski definition) is 5. The Hall–Kier alpha value is -3.02. The summed E-state index contributed by atoms with van der Waals surface area (Å²) in [5, 5.41) is 41.4. The highest BCUT2D eigenvalue weighted by Gasteiger charge is 2.43. The maximum absolute atomic E-state index is 12.7. The summed E-state index contributed by atoms with van der Waals surface area (Å²) in [7, 11) is 0. The minimum Gasteiger partial charge on any atom is -0.461 e. The van der Waals surface area contributed by atoms with Crippen LogP contribution in [-0.4, -0.2) is 75.8 Å². The lowest BCUT2D eigenvalue weighted by molar-refractivity contribution is -0.287. The van der Waals surface area contributed by atoms with Crippen LogP contribution in [0.1, 0.15) is 11.1 Å². The van der Waals surface area contributed by atoms with Crippen LogP contribution in [0.2, 0.25) is 0 Å². The molecule has 0 spiro atoms. The first-order valence-corrected chi connectivity index (χ1v) is 10.4. The van der Waals surface area contributed by atoms with Gasteiger partial charge in [0.25, 0.3) is 0 Å². The Balaban J connectivity index is 1.60. The van der Waals surface area contributed by atoms with Crippen molar-refractivity contribution in [3.8, 4) is 0 Å². The van der Waals surface area contributed by atoms with Crippen molar-refractivity contribution in [1.82, 2.24) is 5.32 Å². The number of esters is 1. The van der Waals surface area contributed by atoms with Gasteiger partial charge < -0.3 is 40.0 Å². The number of benzene rings is 2. The molecule has 2 aromatic rings. The van der Waals surface area contributed by atoms with Gasteiger partial charge in [-0.3, -0.25) is 0 Å². The van der Waals surface area contributed by atoms with Gasteiger partial charge in [-0.25, -0.2) is 9.59 Å². The molecule has 1 fully saturated rings. The molecule has 3 unspecified atom stereocenters. The van der Waals surface area contributed by atoms with Crippen molar-refractivity contribution >= 4 is 12.1 Å². The van der Waals surface area contributed by atoms with Gasteiger partial charge in [-0.15, -0.1) is 0 Å². The average Bonchev–Trinajstić information content (AvgIpc) is 2.83. The minimum absolute atomic E-state index is 0.0139. The van der Waals surface area contributed by atoms with E-state index >= 15 is 0 Å². The van der Waals surface area contributed by atoms with Crippen LogP contribution in [-0.2, 0) is 32.0 Å². The van der Waals surface area contributed by atoms with Crippen LogP contribution >= 0.6 is 0 Å². The topological polar surface area (TPSA) is 155 Å². The molecule has 0 saturated carbocycles. The average molecular weight is 461 g/mol. The highest BCUT2D eigenvalue weighted by atomic mass is 16.7. The Morgan fingerprint density at radius 1 is 0.848 bits per heavy atom. The van der Waals surface area contributed by atoms with Crippen molar-refractivity contribution in [1.29, 1.82) is 0 Å². The maximum atomic E-state index is 12.7. The highest BCUT2D eigenvalue weighted by molar-refractivity contribution is 5.81. The molecule has 0 radical (unpaired) electrons. The fourth-order valence-electron chi connectivity index (χ4n) is 3.28. The predicted octanol–water partition coefficient (Wildman–Crippen LogP) is -0.133. The van der Waals surface area contributed by atoms with Gasteiger partial charge in [-0.2, -0.15) is 0 Å². The van der Waals surface area contributed by atoms with E-state index in [0.717, 1.165) is 11.1 Å². The number of carbonyl (C=O) groups is 2. The lowest BCUT2D eigenvalue weighted by atomic mass is 9.99. The Kier molecular flexibility index (Phi) is 8.75. The summed E-state index contributed by atoms with van der Waals surface area (Å²) in [6.45, 7) is -0.507. The number of nitrogens with one attached hydrogen (secondary N) is 1. The highest BCUT2D eigenvalue weighted by Crippen LogP contribution is 2.20. The lowest BCUT2D eigenvalue weighted by Gasteiger charge is -2.38. The molecule has 0 bridgehead atoms. The zero-order valence-corrected chi connectivity index (χ0v) is 17.7. The predicted molar refractivity (Wildman–Crippen MR) is 114 cm³/mol. The summed E-state index contributed by atoms with van der Waals surface area (Å²) < 4.78 is 15.4. The zero-order valence-electron chi connectivity index (χ0n) is 17.7. The first-order chi connectivity index (χ1) is 15.8. The quantitative estimate of drug-likeness (QED) is 0.338. The van der Waals surface area contributed by atoms with Gasteiger partial charge in [0.05, 0.1) is 0 Å². The molecule has 0 aliphatic carbocycles. The van der Waals surface area contributed by atoms with Crippen molar-refractivity contribution in [3.05, 3.63) is 71.8 Å². The minimum atomic E-state index is -1.75. The second-order valence-electron chi connectivity index (χ2n) is 7.62. The van der Waals surface area contributed by atoms with Crippen LogP contribution in [0.3, 0.4) is 0 Å². The standard InChI is InChI=1S/C23H27NO9/c25-18-17(33-22(29)20(27)19(18)26)13-31-21(28)16(11-14-7-3-1-4-8-14)24-23(30)32-12-15-9-5-2-6-10-15/h1-10,16-20,22,25-27,29H,11-13H2,(H,24,30)/t16-,17?,18-,19?,20?,22-/m1/s1. The van der Waals surface area contributed by atoms with Crippen molar-refractivity contribution in [2.45, 2.75) is 49.8 Å². The number of hydrogen-bond acceptors (Lipinski definition) is 9. The van der Waals surface area contributed by atoms with Gasteiger partial charge in [0, 0.05) is 6.42 Å². The Labute approximate surface area is 190 Å². The van der Waals surface area contributed by atoms with Gasteiger partial charge >= 0.3 is 12.1 Å². The molecule has 1 aliphatic heterocycles. The van der Waals surface area contributed by atoms with E-state index in [1.54, 1.807) is 48.5 Å². The number of aliphatic hydroxyl groups excluding tert-OH is 4. The molecule has 1 saturated heterocycles. The molecule has 1 heterocycles. The molecule has 10 heteroatoms. The van der Waals surface area contributed by atoms with Crippen molar-refractivity contribution in [2.24, 2.45) is 0 Å². The van der Waals surface area contributed by atoms with Crippen LogP contribution in [0, 0.1) is 0 Å². The monoisotopic (exact) mass is 461 g/mol. The molecule has 1 aliphatic rings. The molecular formula is C23H27NO9.